The Hall–Kier alpha value is -4.73. The van der Waals surface area contributed by atoms with E-state index in [1.165, 1.54) is 54.6 Å². The normalized spacial score (nSPS) is 14.5. The van der Waals surface area contributed by atoms with Crippen LogP contribution in [0.2, 0.25) is 0 Å². The van der Waals surface area contributed by atoms with Gasteiger partial charge in [-0.3, -0.25) is 14.9 Å². The van der Waals surface area contributed by atoms with Gasteiger partial charge in [0, 0.05) is 0 Å². The summed E-state index contributed by atoms with van der Waals surface area (Å²) in [5.41, 5.74) is 1.33. The van der Waals surface area contributed by atoms with E-state index in [4.69, 9.17) is 14.3 Å². The van der Waals surface area contributed by atoms with Gasteiger partial charge >= 0.3 is 5.97 Å². The van der Waals surface area contributed by atoms with Crippen LogP contribution in [-0.2, 0) is 4.79 Å². The third-order valence-electron chi connectivity index (χ3n) is 5.00. The quantitative estimate of drug-likeness (QED) is 0.337. The molecular weight excluding hydrogens is 430 g/mol. The van der Waals surface area contributed by atoms with Crippen molar-refractivity contribution in [3.63, 3.8) is 0 Å². The van der Waals surface area contributed by atoms with Crippen LogP contribution in [0, 0.1) is 10.1 Å². The number of carbonyl (C=O) groups is 2. The van der Waals surface area contributed by atoms with Crippen LogP contribution in [0.15, 0.2) is 69.7 Å². The Morgan fingerprint density at radius 1 is 1.18 bits per heavy atom. The van der Waals surface area contributed by atoms with Crippen molar-refractivity contribution in [1.82, 2.24) is 0 Å². The average Bonchev–Trinajstić information content (AvgIpc) is 3.38. The molecule has 0 saturated heterocycles. The van der Waals surface area contributed by atoms with Gasteiger partial charge in [0.05, 0.1) is 46.2 Å². The smallest absolute Gasteiger partial charge is 0.335 e. The Kier molecular flexibility index (Phi) is 5.49. The summed E-state index contributed by atoms with van der Waals surface area (Å²) in [6, 6.07) is 13.4. The Bertz CT molecular complexity index is 1340. The Morgan fingerprint density at radius 3 is 2.55 bits per heavy atom. The van der Waals surface area contributed by atoms with Gasteiger partial charge in [-0.15, -0.1) is 0 Å². The molecule has 1 N–H and O–H groups in total. The number of nitro benzene ring substituents is 1. The van der Waals surface area contributed by atoms with Gasteiger partial charge in [0.15, 0.2) is 0 Å². The van der Waals surface area contributed by atoms with Crippen molar-refractivity contribution in [2.24, 2.45) is 5.10 Å². The monoisotopic (exact) mass is 447 g/mol. The number of nitro groups is 1. The van der Waals surface area contributed by atoms with Gasteiger partial charge in [-0.25, -0.2) is 4.79 Å². The second-order valence-electron chi connectivity index (χ2n) is 7.05. The molecule has 10 heteroatoms. The third-order valence-corrected chi connectivity index (χ3v) is 5.00. The topological polar surface area (TPSA) is 135 Å². The number of hydrogen-bond acceptors (Lipinski definition) is 7. The van der Waals surface area contributed by atoms with E-state index in [0.29, 0.717) is 22.9 Å². The van der Waals surface area contributed by atoms with Crippen LogP contribution in [-0.4, -0.2) is 34.7 Å². The number of methoxy groups -OCH3 is 1. The summed E-state index contributed by atoms with van der Waals surface area (Å²) in [4.78, 5) is 34.9. The highest BCUT2D eigenvalue weighted by Gasteiger charge is 2.29. The molecule has 2 aromatic carbocycles. The lowest BCUT2D eigenvalue weighted by molar-refractivity contribution is -0.384. The number of ether oxygens (including phenoxy) is 1. The maximum atomic E-state index is 12.9. The van der Waals surface area contributed by atoms with Gasteiger partial charge < -0.3 is 14.3 Å². The van der Waals surface area contributed by atoms with Gasteiger partial charge in [0.25, 0.3) is 11.6 Å². The summed E-state index contributed by atoms with van der Waals surface area (Å²) < 4.78 is 10.8. The Balaban J connectivity index is 1.62. The summed E-state index contributed by atoms with van der Waals surface area (Å²) >= 11 is 0. The van der Waals surface area contributed by atoms with E-state index in [0.717, 1.165) is 0 Å². The van der Waals surface area contributed by atoms with Crippen molar-refractivity contribution >= 4 is 35.0 Å². The minimum absolute atomic E-state index is 0.0950. The predicted octanol–water partition coefficient (Wildman–Crippen LogP) is 4.37. The molecule has 1 aliphatic rings. The fourth-order valence-electron chi connectivity index (χ4n) is 3.32. The fourth-order valence-corrected chi connectivity index (χ4v) is 3.32. The SMILES string of the molecule is COc1ccc(-c2ccc(/C=C3\C(=O)N(c4ccc(C(=O)O)cc4)N=C3C)o2)c([N+](=O)[O-])c1. The summed E-state index contributed by atoms with van der Waals surface area (Å²) in [5, 5.41) is 25.9. The molecule has 0 aliphatic carbocycles. The summed E-state index contributed by atoms with van der Waals surface area (Å²) in [5.74, 6) is -0.558. The summed E-state index contributed by atoms with van der Waals surface area (Å²) in [7, 11) is 1.42. The summed E-state index contributed by atoms with van der Waals surface area (Å²) in [6.45, 7) is 1.66. The molecule has 1 aliphatic heterocycles. The average molecular weight is 447 g/mol. The van der Waals surface area contributed by atoms with E-state index in [9.17, 15) is 19.7 Å². The van der Waals surface area contributed by atoms with E-state index >= 15 is 0 Å². The third kappa shape index (κ3) is 4.09. The van der Waals surface area contributed by atoms with Crippen LogP contribution >= 0.6 is 0 Å². The molecule has 33 heavy (non-hydrogen) atoms. The zero-order valence-electron chi connectivity index (χ0n) is 17.5. The number of benzene rings is 2. The number of hydrazone groups is 1. The molecule has 0 unspecified atom stereocenters. The number of nitrogens with zero attached hydrogens (tertiary/aromatic N) is 3. The van der Waals surface area contributed by atoms with Crippen LogP contribution in [0.4, 0.5) is 11.4 Å². The number of anilines is 1. The first kappa shape index (κ1) is 21.5. The molecule has 0 bridgehead atoms. The molecule has 10 nitrogen and oxygen atoms in total. The Morgan fingerprint density at radius 2 is 1.91 bits per heavy atom. The van der Waals surface area contributed by atoms with Crippen LogP contribution in [0.3, 0.4) is 0 Å². The molecule has 0 saturated carbocycles. The number of aromatic carboxylic acids is 1. The van der Waals surface area contributed by atoms with E-state index < -0.39 is 16.8 Å². The molecular formula is C23H17N3O7. The summed E-state index contributed by atoms with van der Waals surface area (Å²) in [6.07, 6.45) is 1.51. The standard InChI is InChI=1S/C23H17N3O7/c1-13-19(22(27)25(24-13)15-5-3-14(4-6-15)23(28)29)11-17-8-10-21(33-17)18-9-7-16(32-2)12-20(18)26(30)31/h3-12H,1-2H3,(H,28,29)/b19-11-. The van der Waals surface area contributed by atoms with Crippen molar-refractivity contribution in [3.8, 4) is 17.1 Å². The maximum absolute atomic E-state index is 12.9. The van der Waals surface area contributed by atoms with Crippen molar-refractivity contribution in [2.45, 2.75) is 6.92 Å². The van der Waals surface area contributed by atoms with Gasteiger partial charge in [0.1, 0.15) is 17.3 Å². The van der Waals surface area contributed by atoms with E-state index in [-0.39, 0.29) is 28.1 Å². The largest absolute Gasteiger partial charge is 0.497 e. The molecule has 0 spiro atoms. The van der Waals surface area contributed by atoms with Crippen molar-refractivity contribution < 1.29 is 28.8 Å². The number of carbonyl (C=O) groups excluding carboxylic acids is 1. The maximum Gasteiger partial charge on any atom is 0.335 e. The second-order valence-corrected chi connectivity index (χ2v) is 7.05. The fraction of sp³-hybridized carbons (Fsp3) is 0.0870. The molecule has 0 atom stereocenters. The highest BCUT2D eigenvalue weighted by molar-refractivity contribution is 6.32. The Labute approximate surface area is 187 Å². The molecule has 3 aromatic rings. The van der Waals surface area contributed by atoms with Gasteiger partial charge in [-0.1, -0.05) is 0 Å². The molecule has 0 fully saturated rings. The first-order chi connectivity index (χ1) is 15.8. The van der Waals surface area contributed by atoms with Crippen molar-refractivity contribution in [3.05, 3.63) is 81.6 Å². The van der Waals surface area contributed by atoms with E-state index in [1.807, 2.05) is 0 Å². The van der Waals surface area contributed by atoms with Gasteiger partial charge in [-0.2, -0.15) is 10.1 Å². The number of carboxylic acid groups (broad SMARTS) is 1. The minimum atomic E-state index is -1.07. The van der Waals surface area contributed by atoms with Crippen LogP contribution in [0.5, 0.6) is 5.75 Å². The predicted molar refractivity (Wildman–Crippen MR) is 119 cm³/mol. The molecule has 0 radical (unpaired) electrons. The van der Waals surface area contributed by atoms with Gasteiger partial charge in [-0.05, 0) is 61.5 Å². The lowest BCUT2D eigenvalue weighted by Gasteiger charge is -2.11. The number of amides is 1. The highest BCUT2D eigenvalue weighted by Crippen LogP contribution is 2.35. The lowest BCUT2D eigenvalue weighted by atomic mass is 10.1. The lowest BCUT2D eigenvalue weighted by Crippen LogP contribution is -2.21. The van der Waals surface area contributed by atoms with Crippen LogP contribution in [0.25, 0.3) is 17.4 Å². The van der Waals surface area contributed by atoms with E-state index in [2.05, 4.69) is 5.10 Å². The zero-order chi connectivity index (χ0) is 23.7. The zero-order valence-corrected chi connectivity index (χ0v) is 17.5. The van der Waals surface area contributed by atoms with E-state index in [1.54, 1.807) is 25.1 Å². The number of rotatable bonds is 6. The van der Waals surface area contributed by atoms with Crippen LogP contribution in [0.1, 0.15) is 23.0 Å². The molecule has 1 aromatic heterocycles. The first-order valence-corrected chi connectivity index (χ1v) is 9.66. The minimum Gasteiger partial charge on any atom is -0.497 e. The first-order valence-electron chi connectivity index (χ1n) is 9.66. The molecule has 4 rings (SSSR count). The number of hydrogen-bond donors (Lipinski definition) is 1. The molecule has 2 heterocycles. The van der Waals surface area contributed by atoms with Crippen molar-refractivity contribution in [2.75, 3.05) is 12.1 Å². The van der Waals surface area contributed by atoms with Crippen LogP contribution < -0.4 is 9.75 Å². The molecule has 1 amide bonds. The second kappa shape index (κ2) is 8.42. The molecule has 166 valence electrons. The van der Waals surface area contributed by atoms with Gasteiger partial charge in [0.2, 0.25) is 0 Å². The number of furan rings is 1. The van der Waals surface area contributed by atoms with Crippen molar-refractivity contribution in [1.29, 1.82) is 0 Å². The number of carboxylic acids is 1. The highest BCUT2D eigenvalue weighted by atomic mass is 16.6.